The Hall–Kier alpha value is -3.48. The largest absolute Gasteiger partial charge is 0.452 e. The molecule has 1 amide bonds. The van der Waals surface area contributed by atoms with Gasteiger partial charge >= 0.3 is 5.97 Å². The summed E-state index contributed by atoms with van der Waals surface area (Å²) in [7, 11) is 0. The van der Waals surface area contributed by atoms with E-state index in [1.54, 1.807) is 41.3 Å². The predicted molar refractivity (Wildman–Crippen MR) is 104 cm³/mol. The number of hydrogen-bond donors (Lipinski definition) is 0. The minimum absolute atomic E-state index is 0.104. The Morgan fingerprint density at radius 2 is 1.86 bits per heavy atom. The average molecular weight is 394 g/mol. The fourth-order valence-corrected chi connectivity index (χ4v) is 3.19. The number of oxazole rings is 1. The van der Waals surface area contributed by atoms with E-state index in [0.29, 0.717) is 29.9 Å². The minimum atomic E-state index is -0.511. The number of halogens is 1. The van der Waals surface area contributed by atoms with Crippen LogP contribution in [0.1, 0.15) is 35.5 Å². The van der Waals surface area contributed by atoms with Crippen LogP contribution in [0.15, 0.2) is 59.1 Å². The third-order valence-electron chi connectivity index (χ3n) is 4.75. The van der Waals surface area contributed by atoms with Gasteiger partial charge in [-0.2, -0.15) is 0 Å². The van der Waals surface area contributed by atoms with Gasteiger partial charge in [0.15, 0.2) is 12.4 Å². The van der Waals surface area contributed by atoms with Gasteiger partial charge in [-0.25, -0.2) is 14.2 Å². The number of carbonyl (C=O) groups is 2. The molecule has 1 aromatic heterocycles. The van der Waals surface area contributed by atoms with Gasteiger partial charge in [0.2, 0.25) is 11.8 Å². The van der Waals surface area contributed by atoms with Crippen molar-refractivity contribution >= 4 is 17.6 Å². The van der Waals surface area contributed by atoms with Crippen molar-refractivity contribution in [3.8, 4) is 11.3 Å². The maximum Gasteiger partial charge on any atom is 0.338 e. The number of rotatable bonds is 5. The van der Waals surface area contributed by atoms with Crippen LogP contribution in [0.2, 0.25) is 0 Å². The number of esters is 1. The summed E-state index contributed by atoms with van der Waals surface area (Å²) in [5.74, 6) is -0.0339. The highest BCUT2D eigenvalue weighted by Crippen LogP contribution is 2.23. The van der Waals surface area contributed by atoms with Crippen LogP contribution in [0, 0.1) is 5.82 Å². The molecule has 4 rings (SSSR count). The first-order valence-electron chi connectivity index (χ1n) is 9.38. The van der Waals surface area contributed by atoms with Crippen molar-refractivity contribution in [1.82, 2.24) is 4.98 Å². The van der Waals surface area contributed by atoms with Crippen LogP contribution in [0.5, 0.6) is 0 Å². The van der Waals surface area contributed by atoms with Crippen LogP contribution < -0.4 is 4.90 Å². The molecule has 1 aliphatic heterocycles. The van der Waals surface area contributed by atoms with Crippen LogP contribution in [0.3, 0.4) is 0 Å². The molecule has 6 nitrogen and oxygen atoms in total. The van der Waals surface area contributed by atoms with Crippen LogP contribution in [-0.4, -0.2) is 23.4 Å². The Kier molecular flexibility index (Phi) is 5.37. The van der Waals surface area contributed by atoms with E-state index in [1.807, 2.05) is 0 Å². The summed E-state index contributed by atoms with van der Waals surface area (Å²) in [5.41, 5.74) is 1.84. The molecule has 2 heterocycles. The van der Waals surface area contributed by atoms with Gasteiger partial charge in [-0.3, -0.25) is 4.79 Å². The predicted octanol–water partition coefficient (Wildman–Crippen LogP) is 4.35. The second-order valence-electron chi connectivity index (χ2n) is 6.75. The van der Waals surface area contributed by atoms with Gasteiger partial charge in [0, 0.05) is 24.2 Å². The van der Waals surface area contributed by atoms with E-state index in [4.69, 9.17) is 9.15 Å². The summed E-state index contributed by atoms with van der Waals surface area (Å²) in [6, 6.07) is 12.6. The SMILES string of the molecule is O=C(OCc1ncc(-c2ccc(F)cc2)o1)c1ccc(N2CCCCC2=O)cc1. The number of carbonyl (C=O) groups excluding carboxylic acids is 2. The molecule has 1 fully saturated rings. The number of ether oxygens (including phenoxy) is 1. The summed E-state index contributed by atoms with van der Waals surface area (Å²) < 4.78 is 23.8. The minimum Gasteiger partial charge on any atom is -0.452 e. The van der Waals surface area contributed by atoms with Crippen molar-refractivity contribution in [2.24, 2.45) is 0 Å². The molecule has 0 aliphatic carbocycles. The Morgan fingerprint density at radius 1 is 1.10 bits per heavy atom. The Labute approximate surface area is 166 Å². The smallest absolute Gasteiger partial charge is 0.338 e. The lowest BCUT2D eigenvalue weighted by molar-refractivity contribution is -0.119. The van der Waals surface area contributed by atoms with Crippen molar-refractivity contribution in [3.63, 3.8) is 0 Å². The summed E-state index contributed by atoms with van der Waals surface area (Å²) >= 11 is 0. The second kappa shape index (κ2) is 8.26. The summed E-state index contributed by atoms with van der Waals surface area (Å²) in [4.78, 5) is 30.1. The van der Waals surface area contributed by atoms with E-state index in [1.165, 1.54) is 18.3 Å². The van der Waals surface area contributed by atoms with E-state index < -0.39 is 5.97 Å². The van der Waals surface area contributed by atoms with Crippen LogP contribution in [0.4, 0.5) is 10.1 Å². The zero-order chi connectivity index (χ0) is 20.2. The van der Waals surface area contributed by atoms with Crippen molar-refractivity contribution < 1.29 is 23.1 Å². The molecule has 0 saturated carbocycles. The van der Waals surface area contributed by atoms with Crippen molar-refractivity contribution in [2.75, 3.05) is 11.4 Å². The third kappa shape index (κ3) is 4.34. The summed E-state index contributed by atoms with van der Waals surface area (Å²) in [6.07, 6.45) is 3.95. The molecule has 0 N–H and O–H groups in total. The van der Waals surface area contributed by atoms with E-state index in [9.17, 15) is 14.0 Å². The first-order chi connectivity index (χ1) is 14.1. The number of nitrogens with zero attached hydrogens (tertiary/aromatic N) is 2. The Bertz CT molecular complexity index is 1010. The number of amides is 1. The molecule has 3 aromatic rings. The van der Waals surface area contributed by atoms with Gasteiger partial charge in [-0.05, 0) is 61.4 Å². The molecule has 1 saturated heterocycles. The highest BCUT2D eigenvalue weighted by atomic mass is 19.1. The molecule has 0 atom stereocenters. The van der Waals surface area contributed by atoms with E-state index >= 15 is 0 Å². The lowest BCUT2D eigenvalue weighted by Gasteiger charge is -2.26. The van der Waals surface area contributed by atoms with Crippen LogP contribution in [0.25, 0.3) is 11.3 Å². The molecular formula is C22H19FN2O4. The maximum absolute atomic E-state index is 13.0. The Morgan fingerprint density at radius 3 is 2.59 bits per heavy atom. The lowest BCUT2D eigenvalue weighted by Crippen LogP contribution is -2.35. The second-order valence-corrected chi connectivity index (χ2v) is 6.75. The van der Waals surface area contributed by atoms with E-state index in [-0.39, 0.29) is 24.2 Å². The zero-order valence-electron chi connectivity index (χ0n) is 15.6. The fraction of sp³-hybridized carbons (Fsp3) is 0.227. The number of aromatic nitrogens is 1. The van der Waals surface area contributed by atoms with Gasteiger partial charge in [-0.1, -0.05) is 0 Å². The first-order valence-corrected chi connectivity index (χ1v) is 9.38. The van der Waals surface area contributed by atoms with Gasteiger partial charge in [-0.15, -0.1) is 0 Å². The number of anilines is 1. The molecule has 7 heteroatoms. The number of hydrogen-bond acceptors (Lipinski definition) is 5. The highest BCUT2D eigenvalue weighted by molar-refractivity contribution is 5.95. The van der Waals surface area contributed by atoms with Crippen molar-refractivity contribution in [3.05, 3.63) is 72.0 Å². The average Bonchev–Trinajstić information content (AvgIpc) is 3.22. The van der Waals surface area contributed by atoms with Gasteiger partial charge in [0.25, 0.3) is 0 Å². The lowest BCUT2D eigenvalue weighted by atomic mass is 10.1. The van der Waals surface area contributed by atoms with E-state index in [2.05, 4.69) is 4.98 Å². The summed E-state index contributed by atoms with van der Waals surface area (Å²) in [5, 5.41) is 0. The van der Waals surface area contributed by atoms with Gasteiger partial charge in [0.1, 0.15) is 5.82 Å². The summed E-state index contributed by atoms with van der Waals surface area (Å²) in [6.45, 7) is 0.579. The van der Waals surface area contributed by atoms with Gasteiger partial charge < -0.3 is 14.1 Å². The van der Waals surface area contributed by atoms with E-state index in [0.717, 1.165) is 18.5 Å². The monoisotopic (exact) mass is 394 g/mol. The highest BCUT2D eigenvalue weighted by Gasteiger charge is 2.20. The number of piperidine rings is 1. The molecule has 148 valence electrons. The molecule has 2 aromatic carbocycles. The third-order valence-corrected chi connectivity index (χ3v) is 4.75. The Balaban J connectivity index is 1.36. The standard InChI is InChI=1S/C22H19FN2O4/c23-17-8-4-15(5-9-17)19-13-24-20(29-19)14-28-22(27)16-6-10-18(11-7-16)25-12-2-1-3-21(25)26/h4-11,13H,1-3,12,14H2. The molecule has 0 bridgehead atoms. The molecule has 0 spiro atoms. The quantitative estimate of drug-likeness (QED) is 0.602. The fourth-order valence-electron chi connectivity index (χ4n) is 3.19. The first kappa shape index (κ1) is 18.9. The zero-order valence-corrected chi connectivity index (χ0v) is 15.6. The topological polar surface area (TPSA) is 72.6 Å². The molecule has 1 aliphatic rings. The van der Waals surface area contributed by atoms with Crippen molar-refractivity contribution in [2.45, 2.75) is 25.9 Å². The van der Waals surface area contributed by atoms with Crippen LogP contribution >= 0.6 is 0 Å². The van der Waals surface area contributed by atoms with Gasteiger partial charge in [0.05, 0.1) is 11.8 Å². The number of benzene rings is 2. The van der Waals surface area contributed by atoms with Crippen LogP contribution in [-0.2, 0) is 16.1 Å². The molecule has 29 heavy (non-hydrogen) atoms. The molecular weight excluding hydrogens is 375 g/mol. The van der Waals surface area contributed by atoms with Crippen molar-refractivity contribution in [1.29, 1.82) is 0 Å². The molecule has 0 radical (unpaired) electrons. The maximum atomic E-state index is 13.0. The molecule has 0 unspecified atom stereocenters. The normalized spacial score (nSPS) is 14.1.